The topological polar surface area (TPSA) is 33.2 Å². The van der Waals surface area contributed by atoms with Crippen molar-refractivity contribution in [2.45, 2.75) is 6.42 Å². The van der Waals surface area contributed by atoms with Crippen LogP contribution in [-0.4, -0.2) is 23.2 Å². The van der Waals surface area contributed by atoms with Crippen molar-refractivity contribution in [3.63, 3.8) is 0 Å². The average Bonchev–Trinajstić information content (AvgIpc) is 2.63. The van der Waals surface area contributed by atoms with E-state index in [1.165, 1.54) is 0 Å². The van der Waals surface area contributed by atoms with Crippen LogP contribution in [0.3, 0.4) is 0 Å². The molecule has 1 saturated heterocycles. The van der Waals surface area contributed by atoms with Crippen LogP contribution in [0.5, 0.6) is 0 Å². The molecule has 0 spiro atoms. The number of aromatic nitrogens is 1. The quantitative estimate of drug-likeness (QED) is 0.671. The van der Waals surface area contributed by atoms with E-state index in [0.29, 0.717) is 35.5 Å². The minimum atomic E-state index is 0.0841. The van der Waals surface area contributed by atoms with E-state index in [9.17, 15) is 4.79 Å². The van der Waals surface area contributed by atoms with Crippen molar-refractivity contribution in [3.05, 3.63) is 21.9 Å². The zero-order valence-electron chi connectivity index (χ0n) is 8.36. The van der Waals surface area contributed by atoms with Crippen molar-refractivity contribution in [2.75, 3.05) is 17.2 Å². The molecule has 1 aliphatic heterocycles. The summed E-state index contributed by atoms with van der Waals surface area (Å²) in [5, 5.41) is 0.358. The van der Waals surface area contributed by atoms with Gasteiger partial charge in [-0.05, 0) is 33.7 Å². The number of anilines is 1. The Morgan fingerprint density at radius 1 is 1.69 bits per heavy atom. The first-order valence-electron chi connectivity index (χ1n) is 4.84. The molecule has 1 aromatic rings. The molecular formula is C10H10BrClN2OS. The monoisotopic (exact) mass is 320 g/mol. The van der Waals surface area contributed by atoms with Gasteiger partial charge in [-0.2, -0.15) is 12.6 Å². The molecule has 1 atom stereocenters. The zero-order valence-corrected chi connectivity index (χ0v) is 11.6. The predicted octanol–water partition coefficient (Wildman–Crippen LogP) is 2.78. The molecule has 1 aliphatic rings. The molecule has 0 N–H and O–H groups in total. The third-order valence-corrected chi connectivity index (χ3v) is 3.78. The van der Waals surface area contributed by atoms with Gasteiger partial charge in [0.2, 0.25) is 5.91 Å². The molecule has 0 bridgehead atoms. The van der Waals surface area contributed by atoms with Crippen LogP contribution >= 0.6 is 40.2 Å². The summed E-state index contributed by atoms with van der Waals surface area (Å²) in [6.07, 6.45) is 2.15. The fourth-order valence-corrected chi connectivity index (χ4v) is 2.51. The molecule has 0 radical (unpaired) electrons. The molecule has 6 heteroatoms. The lowest BCUT2D eigenvalue weighted by atomic mass is 10.1. The van der Waals surface area contributed by atoms with Gasteiger partial charge in [-0.3, -0.25) is 4.79 Å². The van der Waals surface area contributed by atoms with E-state index in [-0.39, 0.29) is 5.91 Å². The molecule has 3 nitrogen and oxygen atoms in total. The molecule has 2 heterocycles. The number of pyridine rings is 1. The van der Waals surface area contributed by atoms with Gasteiger partial charge in [-0.1, -0.05) is 11.6 Å². The van der Waals surface area contributed by atoms with E-state index < -0.39 is 0 Å². The number of hydrogen-bond donors (Lipinski definition) is 1. The van der Waals surface area contributed by atoms with Crippen LogP contribution in [0.1, 0.15) is 6.42 Å². The SMILES string of the molecule is O=C1CC(CS)CN1c1cc(Br)cnc1Cl. The highest BCUT2D eigenvalue weighted by molar-refractivity contribution is 9.10. The fourth-order valence-electron chi connectivity index (χ4n) is 1.74. The first-order chi connectivity index (χ1) is 7.61. The first kappa shape index (κ1) is 12.2. The second-order valence-corrected chi connectivity index (χ2v) is 5.36. The van der Waals surface area contributed by atoms with Crippen LogP contribution in [0, 0.1) is 5.92 Å². The predicted molar refractivity (Wildman–Crippen MR) is 71.3 cm³/mol. The summed E-state index contributed by atoms with van der Waals surface area (Å²) in [6.45, 7) is 0.667. The van der Waals surface area contributed by atoms with Gasteiger partial charge in [0, 0.05) is 23.6 Å². The van der Waals surface area contributed by atoms with Gasteiger partial charge in [-0.15, -0.1) is 0 Å². The van der Waals surface area contributed by atoms with Crippen molar-refractivity contribution < 1.29 is 4.79 Å². The van der Waals surface area contributed by atoms with Gasteiger partial charge in [0.15, 0.2) is 5.15 Å². The molecule has 1 amide bonds. The number of amides is 1. The second-order valence-electron chi connectivity index (χ2n) is 3.72. The van der Waals surface area contributed by atoms with E-state index in [1.807, 2.05) is 6.07 Å². The van der Waals surface area contributed by atoms with Gasteiger partial charge in [-0.25, -0.2) is 4.98 Å². The second kappa shape index (κ2) is 4.94. The number of nitrogens with zero attached hydrogens (tertiary/aromatic N) is 2. The zero-order chi connectivity index (χ0) is 11.7. The highest BCUT2D eigenvalue weighted by Gasteiger charge is 2.31. The molecule has 1 aromatic heterocycles. The lowest BCUT2D eigenvalue weighted by molar-refractivity contribution is -0.117. The van der Waals surface area contributed by atoms with Crippen molar-refractivity contribution in [3.8, 4) is 0 Å². The van der Waals surface area contributed by atoms with Crippen molar-refractivity contribution in [1.82, 2.24) is 4.98 Å². The molecular weight excluding hydrogens is 312 g/mol. The molecule has 0 aromatic carbocycles. The van der Waals surface area contributed by atoms with Gasteiger partial charge in [0.25, 0.3) is 0 Å². The van der Waals surface area contributed by atoms with Crippen LogP contribution in [0.4, 0.5) is 5.69 Å². The minimum Gasteiger partial charge on any atom is -0.309 e. The first-order valence-corrected chi connectivity index (χ1v) is 6.64. The van der Waals surface area contributed by atoms with Gasteiger partial charge < -0.3 is 4.90 Å². The highest BCUT2D eigenvalue weighted by atomic mass is 79.9. The maximum atomic E-state index is 11.8. The summed E-state index contributed by atoms with van der Waals surface area (Å²) in [5.74, 6) is 1.09. The third-order valence-electron chi connectivity index (χ3n) is 2.54. The fraction of sp³-hybridized carbons (Fsp3) is 0.400. The smallest absolute Gasteiger partial charge is 0.227 e. The summed E-state index contributed by atoms with van der Waals surface area (Å²) < 4.78 is 0.814. The summed E-state index contributed by atoms with van der Waals surface area (Å²) in [4.78, 5) is 17.5. The van der Waals surface area contributed by atoms with Crippen LogP contribution in [0.25, 0.3) is 0 Å². The summed E-state index contributed by atoms with van der Waals surface area (Å²) in [6, 6.07) is 1.81. The van der Waals surface area contributed by atoms with Crippen molar-refractivity contribution >= 4 is 51.8 Å². The summed E-state index contributed by atoms with van der Waals surface area (Å²) in [5.41, 5.74) is 0.672. The Labute approximate surface area is 113 Å². The molecule has 0 saturated carbocycles. The number of carbonyl (C=O) groups is 1. The standard InChI is InChI=1S/C10H10BrClN2OS/c11-7-2-8(10(12)13-3-7)14-4-6(5-16)1-9(14)15/h2-3,6,16H,1,4-5H2. The lowest BCUT2D eigenvalue weighted by Crippen LogP contribution is -2.25. The highest BCUT2D eigenvalue weighted by Crippen LogP contribution is 2.32. The van der Waals surface area contributed by atoms with Crippen molar-refractivity contribution in [1.29, 1.82) is 0 Å². The van der Waals surface area contributed by atoms with Crippen LogP contribution in [0.15, 0.2) is 16.7 Å². The van der Waals surface area contributed by atoms with E-state index in [1.54, 1.807) is 11.1 Å². The third kappa shape index (κ3) is 2.36. The van der Waals surface area contributed by atoms with Crippen LogP contribution in [-0.2, 0) is 4.79 Å². The number of carbonyl (C=O) groups excluding carboxylic acids is 1. The van der Waals surface area contributed by atoms with Gasteiger partial charge >= 0.3 is 0 Å². The Morgan fingerprint density at radius 3 is 3.06 bits per heavy atom. The van der Waals surface area contributed by atoms with Crippen LogP contribution in [0.2, 0.25) is 5.15 Å². The molecule has 1 unspecified atom stereocenters. The van der Waals surface area contributed by atoms with Crippen molar-refractivity contribution in [2.24, 2.45) is 5.92 Å². The molecule has 86 valence electrons. The lowest BCUT2D eigenvalue weighted by Gasteiger charge is -2.17. The Hall–Kier alpha value is -0.260. The van der Waals surface area contributed by atoms with E-state index in [0.717, 1.165) is 4.47 Å². The Balaban J connectivity index is 2.30. The van der Waals surface area contributed by atoms with E-state index in [4.69, 9.17) is 11.6 Å². The maximum Gasteiger partial charge on any atom is 0.227 e. The van der Waals surface area contributed by atoms with Gasteiger partial charge in [0.1, 0.15) is 0 Å². The number of halogens is 2. The Morgan fingerprint density at radius 2 is 2.44 bits per heavy atom. The number of hydrogen-bond acceptors (Lipinski definition) is 3. The van der Waals surface area contributed by atoms with Gasteiger partial charge in [0.05, 0.1) is 5.69 Å². The summed E-state index contributed by atoms with van der Waals surface area (Å²) in [7, 11) is 0. The Kier molecular flexibility index (Phi) is 3.77. The van der Waals surface area contributed by atoms with E-state index in [2.05, 4.69) is 33.5 Å². The molecule has 0 aliphatic carbocycles. The minimum absolute atomic E-state index is 0.0841. The largest absolute Gasteiger partial charge is 0.309 e. The average molecular weight is 322 g/mol. The number of thiol groups is 1. The molecule has 1 fully saturated rings. The number of rotatable bonds is 2. The molecule has 16 heavy (non-hydrogen) atoms. The molecule has 2 rings (SSSR count). The van der Waals surface area contributed by atoms with E-state index >= 15 is 0 Å². The maximum absolute atomic E-state index is 11.8. The normalized spacial score (nSPS) is 20.6. The summed E-state index contributed by atoms with van der Waals surface area (Å²) >= 11 is 13.5. The Bertz CT molecular complexity index is 429. The van der Waals surface area contributed by atoms with Crippen LogP contribution < -0.4 is 4.90 Å².